The second-order valence-corrected chi connectivity index (χ2v) is 2.11. The van der Waals surface area contributed by atoms with Gasteiger partial charge < -0.3 is 16.2 Å². The summed E-state index contributed by atoms with van der Waals surface area (Å²) in [6.45, 7) is 2.53. The molecular weight excluding hydrogens is 132 g/mol. The van der Waals surface area contributed by atoms with Crippen molar-refractivity contribution in [1.82, 2.24) is 5.32 Å². The first-order chi connectivity index (χ1) is 4.68. The average Bonchev–Trinajstić information content (AvgIpc) is 1.88. The van der Waals surface area contributed by atoms with Crippen LogP contribution in [0.4, 0.5) is 0 Å². The number of hydrogen-bond acceptors (Lipinski definition) is 3. The number of nitrogens with two attached hydrogens (primary N) is 1. The van der Waals surface area contributed by atoms with E-state index in [1.54, 1.807) is 0 Å². The SMILES string of the molecule is CC(O)C(=O)NCCCN. The van der Waals surface area contributed by atoms with Crippen LogP contribution in [0.3, 0.4) is 0 Å². The van der Waals surface area contributed by atoms with Gasteiger partial charge in [-0.2, -0.15) is 0 Å². The minimum Gasteiger partial charge on any atom is -0.384 e. The highest BCUT2D eigenvalue weighted by molar-refractivity contribution is 5.79. The predicted molar refractivity (Wildman–Crippen MR) is 38.4 cm³/mol. The standard InChI is InChI=1S/C6H14N2O2/c1-5(9)6(10)8-4-2-3-7/h5,9H,2-4,7H2,1H3,(H,8,10). The summed E-state index contributed by atoms with van der Waals surface area (Å²) in [5.41, 5.74) is 5.18. The summed E-state index contributed by atoms with van der Waals surface area (Å²) in [5, 5.41) is 11.2. The van der Waals surface area contributed by atoms with Gasteiger partial charge in [0.15, 0.2) is 0 Å². The van der Waals surface area contributed by atoms with E-state index >= 15 is 0 Å². The van der Waals surface area contributed by atoms with Gasteiger partial charge in [-0.25, -0.2) is 0 Å². The molecule has 4 N–H and O–H groups in total. The number of carbonyl (C=O) groups is 1. The Labute approximate surface area is 60.4 Å². The normalized spacial score (nSPS) is 12.7. The van der Waals surface area contributed by atoms with Crippen molar-refractivity contribution in [3.63, 3.8) is 0 Å². The Morgan fingerprint density at radius 1 is 1.80 bits per heavy atom. The first kappa shape index (κ1) is 9.39. The quantitative estimate of drug-likeness (QED) is 0.437. The highest BCUT2D eigenvalue weighted by atomic mass is 16.3. The largest absolute Gasteiger partial charge is 0.384 e. The van der Waals surface area contributed by atoms with Crippen LogP contribution < -0.4 is 11.1 Å². The van der Waals surface area contributed by atoms with E-state index in [4.69, 9.17) is 10.8 Å². The van der Waals surface area contributed by atoms with Gasteiger partial charge in [0, 0.05) is 6.54 Å². The van der Waals surface area contributed by atoms with Crippen molar-refractivity contribution in [2.24, 2.45) is 5.73 Å². The van der Waals surface area contributed by atoms with Crippen molar-refractivity contribution in [2.45, 2.75) is 19.4 Å². The molecule has 0 aromatic carbocycles. The van der Waals surface area contributed by atoms with E-state index in [0.29, 0.717) is 13.1 Å². The van der Waals surface area contributed by atoms with Gasteiger partial charge in [-0.3, -0.25) is 4.79 Å². The number of carbonyl (C=O) groups excluding carboxylic acids is 1. The van der Waals surface area contributed by atoms with Gasteiger partial charge in [0.2, 0.25) is 5.91 Å². The summed E-state index contributed by atoms with van der Waals surface area (Å²) >= 11 is 0. The van der Waals surface area contributed by atoms with Crippen molar-refractivity contribution >= 4 is 5.91 Å². The van der Waals surface area contributed by atoms with Crippen LogP contribution >= 0.6 is 0 Å². The first-order valence-electron chi connectivity index (χ1n) is 3.34. The fourth-order valence-corrected chi connectivity index (χ4v) is 0.461. The van der Waals surface area contributed by atoms with Gasteiger partial charge >= 0.3 is 0 Å². The van der Waals surface area contributed by atoms with Crippen LogP contribution in [-0.4, -0.2) is 30.2 Å². The van der Waals surface area contributed by atoms with Crippen LogP contribution in [0, 0.1) is 0 Å². The van der Waals surface area contributed by atoms with E-state index in [0.717, 1.165) is 6.42 Å². The molecule has 0 rings (SSSR count). The van der Waals surface area contributed by atoms with Crippen LogP contribution in [-0.2, 0) is 4.79 Å². The molecule has 0 bridgehead atoms. The second-order valence-electron chi connectivity index (χ2n) is 2.11. The van der Waals surface area contributed by atoms with Gasteiger partial charge in [0.25, 0.3) is 0 Å². The molecule has 0 radical (unpaired) electrons. The molecule has 4 nitrogen and oxygen atoms in total. The molecule has 1 amide bonds. The summed E-state index contributed by atoms with van der Waals surface area (Å²) < 4.78 is 0. The highest BCUT2D eigenvalue weighted by Crippen LogP contribution is 1.78. The van der Waals surface area contributed by atoms with E-state index in [9.17, 15) is 4.79 Å². The van der Waals surface area contributed by atoms with Crippen LogP contribution in [0.15, 0.2) is 0 Å². The molecule has 0 fully saturated rings. The minimum atomic E-state index is -0.919. The number of hydrogen-bond donors (Lipinski definition) is 3. The smallest absolute Gasteiger partial charge is 0.248 e. The molecule has 0 aliphatic heterocycles. The molecule has 0 spiro atoms. The lowest BCUT2D eigenvalue weighted by Gasteiger charge is -2.04. The molecule has 0 aromatic rings. The third kappa shape index (κ3) is 4.29. The van der Waals surface area contributed by atoms with E-state index in [1.807, 2.05) is 0 Å². The Morgan fingerprint density at radius 2 is 2.40 bits per heavy atom. The molecule has 0 aliphatic rings. The predicted octanol–water partition coefficient (Wildman–Crippen LogP) is -1.17. The number of rotatable bonds is 4. The number of aliphatic hydroxyl groups is 1. The molecule has 0 saturated heterocycles. The maximum absolute atomic E-state index is 10.6. The van der Waals surface area contributed by atoms with Crippen LogP contribution in [0.1, 0.15) is 13.3 Å². The summed E-state index contributed by atoms with van der Waals surface area (Å²) in [4.78, 5) is 10.6. The fraction of sp³-hybridized carbons (Fsp3) is 0.833. The molecule has 60 valence electrons. The van der Waals surface area contributed by atoms with Crippen LogP contribution in [0.25, 0.3) is 0 Å². The second kappa shape index (κ2) is 5.20. The van der Waals surface area contributed by atoms with Crippen molar-refractivity contribution in [2.75, 3.05) is 13.1 Å². The van der Waals surface area contributed by atoms with Crippen LogP contribution in [0.2, 0.25) is 0 Å². The molecule has 10 heavy (non-hydrogen) atoms. The Bertz CT molecular complexity index is 104. The zero-order valence-corrected chi connectivity index (χ0v) is 6.13. The third-order valence-corrected chi connectivity index (χ3v) is 1.06. The molecule has 0 heterocycles. The van der Waals surface area contributed by atoms with Gasteiger partial charge in [-0.05, 0) is 19.9 Å². The Hall–Kier alpha value is -0.610. The minimum absolute atomic E-state index is 0.339. The molecule has 1 unspecified atom stereocenters. The zero-order chi connectivity index (χ0) is 7.98. The molecule has 0 saturated carbocycles. The van der Waals surface area contributed by atoms with Crippen molar-refractivity contribution in [3.05, 3.63) is 0 Å². The van der Waals surface area contributed by atoms with E-state index in [-0.39, 0.29) is 5.91 Å². The van der Waals surface area contributed by atoms with Crippen molar-refractivity contribution in [1.29, 1.82) is 0 Å². The van der Waals surface area contributed by atoms with Crippen molar-refractivity contribution in [3.8, 4) is 0 Å². The zero-order valence-electron chi connectivity index (χ0n) is 6.13. The summed E-state index contributed by atoms with van der Waals surface area (Å²) in [5.74, 6) is -0.339. The van der Waals surface area contributed by atoms with Crippen molar-refractivity contribution < 1.29 is 9.90 Å². The van der Waals surface area contributed by atoms with E-state index in [1.165, 1.54) is 6.92 Å². The number of amides is 1. The molecular formula is C6H14N2O2. The summed E-state index contributed by atoms with van der Waals surface area (Å²) in [7, 11) is 0. The monoisotopic (exact) mass is 146 g/mol. The average molecular weight is 146 g/mol. The molecule has 4 heteroatoms. The van der Waals surface area contributed by atoms with Gasteiger partial charge in [0.05, 0.1) is 0 Å². The maximum Gasteiger partial charge on any atom is 0.248 e. The number of aliphatic hydroxyl groups excluding tert-OH is 1. The van der Waals surface area contributed by atoms with Crippen LogP contribution in [0.5, 0.6) is 0 Å². The molecule has 1 atom stereocenters. The third-order valence-electron chi connectivity index (χ3n) is 1.06. The van der Waals surface area contributed by atoms with E-state index in [2.05, 4.69) is 5.32 Å². The highest BCUT2D eigenvalue weighted by Gasteiger charge is 2.05. The summed E-state index contributed by atoms with van der Waals surface area (Å²) in [6.07, 6.45) is -0.170. The Balaban J connectivity index is 3.22. The molecule has 0 aromatic heterocycles. The molecule has 0 aliphatic carbocycles. The Kier molecular flexibility index (Phi) is 4.88. The summed E-state index contributed by atoms with van der Waals surface area (Å²) in [6, 6.07) is 0. The lowest BCUT2D eigenvalue weighted by Crippen LogP contribution is -2.33. The fourth-order valence-electron chi connectivity index (χ4n) is 0.461. The first-order valence-corrected chi connectivity index (χ1v) is 3.34. The lowest BCUT2D eigenvalue weighted by atomic mass is 10.3. The van der Waals surface area contributed by atoms with E-state index < -0.39 is 6.10 Å². The maximum atomic E-state index is 10.6. The van der Waals surface area contributed by atoms with Gasteiger partial charge in [-0.1, -0.05) is 0 Å². The van der Waals surface area contributed by atoms with Gasteiger partial charge in [0.1, 0.15) is 6.10 Å². The van der Waals surface area contributed by atoms with Gasteiger partial charge in [-0.15, -0.1) is 0 Å². The topological polar surface area (TPSA) is 75.3 Å². The number of nitrogens with one attached hydrogen (secondary N) is 1. The Morgan fingerprint density at radius 3 is 2.80 bits per heavy atom. The lowest BCUT2D eigenvalue weighted by molar-refractivity contribution is -0.128.